The van der Waals surface area contributed by atoms with Crippen molar-refractivity contribution < 1.29 is 32.5 Å². The number of aromatic nitrogens is 1. The molecule has 0 fully saturated rings. The lowest BCUT2D eigenvalue weighted by Gasteiger charge is -2.14. The SMILES string of the molecule is COC(=O)C/C(=C/CO)c1ccccc1COc1cccc(C(F)(F)F)n1. The number of methoxy groups -OCH3 is 1. The highest BCUT2D eigenvalue weighted by Crippen LogP contribution is 2.29. The standard InChI is InChI=1S/C19H18F3NO4/c1-26-18(25)11-13(9-10-24)15-6-3-2-5-14(15)12-27-17-8-4-7-16(23-17)19(20,21)22/h2-9,24H,10-12H2,1H3/b13-9-. The number of hydrogen-bond acceptors (Lipinski definition) is 5. The van der Waals surface area contributed by atoms with Gasteiger partial charge >= 0.3 is 12.1 Å². The summed E-state index contributed by atoms with van der Waals surface area (Å²) in [4.78, 5) is 15.1. The van der Waals surface area contributed by atoms with Crippen molar-refractivity contribution in [3.05, 3.63) is 65.4 Å². The average Bonchev–Trinajstić information content (AvgIpc) is 2.65. The number of carbonyl (C=O) groups is 1. The van der Waals surface area contributed by atoms with Gasteiger partial charge in [0.05, 0.1) is 20.1 Å². The van der Waals surface area contributed by atoms with Crippen molar-refractivity contribution in [2.24, 2.45) is 0 Å². The van der Waals surface area contributed by atoms with Gasteiger partial charge in [-0.15, -0.1) is 0 Å². The van der Waals surface area contributed by atoms with E-state index in [1.165, 1.54) is 25.3 Å². The van der Waals surface area contributed by atoms with Crippen molar-refractivity contribution in [1.29, 1.82) is 0 Å². The van der Waals surface area contributed by atoms with Crippen molar-refractivity contribution in [2.45, 2.75) is 19.2 Å². The van der Waals surface area contributed by atoms with Gasteiger partial charge < -0.3 is 14.6 Å². The summed E-state index contributed by atoms with van der Waals surface area (Å²) < 4.78 is 48.3. The molecule has 0 unspecified atom stereocenters. The molecule has 8 heteroatoms. The van der Waals surface area contributed by atoms with Crippen molar-refractivity contribution in [1.82, 2.24) is 4.98 Å². The Kier molecular flexibility index (Phi) is 6.95. The highest BCUT2D eigenvalue weighted by molar-refractivity contribution is 5.85. The molecule has 0 radical (unpaired) electrons. The fraction of sp³-hybridized carbons (Fsp3) is 0.263. The van der Waals surface area contributed by atoms with Crippen LogP contribution in [0.25, 0.3) is 5.57 Å². The summed E-state index contributed by atoms with van der Waals surface area (Å²) in [6.07, 6.45) is -3.15. The predicted octanol–water partition coefficient (Wildman–Crippen LogP) is 3.62. The van der Waals surface area contributed by atoms with Crippen LogP contribution in [0.5, 0.6) is 5.88 Å². The molecule has 144 valence electrons. The monoisotopic (exact) mass is 381 g/mol. The number of alkyl halides is 3. The largest absolute Gasteiger partial charge is 0.473 e. The Morgan fingerprint density at radius 1 is 1.19 bits per heavy atom. The average molecular weight is 381 g/mol. The molecular weight excluding hydrogens is 363 g/mol. The number of pyridine rings is 1. The predicted molar refractivity (Wildman–Crippen MR) is 91.7 cm³/mol. The third-order valence-corrected chi connectivity index (χ3v) is 3.65. The lowest BCUT2D eigenvalue weighted by atomic mass is 9.97. The molecule has 1 N–H and O–H groups in total. The molecule has 5 nitrogen and oxygen atoms in total. The molecule has 0 bridgehead atoms. The van der Waals surface area contributed by atoms with E-state index in [4.69, 9.17) is 4.74 Å². The fourth-order valence-electron chi connectivity index (χ4n) is 2.38. The van der Waals surface area contributed by atoms with Crippen LogP contribution in [0.3, 0.4) is 0 Å². The number of hydrogen-bond donors (Lipinski definition) is 1. The maximum atomic E-state index is 12.7. The van der Waals surface area contributed by atoms with E-state index in [1.807, 2.05) is 0 Å². The minimum Gasteiger partial charge on any atom is -0.473 e. The number of nitrogens with zero attached hydrogens (tertiary/aromatic N) is 1. The molecule has 1 heterocycles. The molecule has 27 heavy (non-hydrogen) atoms. The van der Waals surface area contributed by atoms with Gasteiger partial charge in [0, 0.05) is 6.07 Å². The van der Waals surface area contributed by atoms with Crippen LogP contribution in [0.15, 0.2) is 48.5 Å². The summed E-state index contributed by atoms with van der Waals surface area (Å²) in [6.45, 7) is -0.342. The molecule has 0 aliphatic carbocycles. The zero-order valence-corrected chi connectivity index (χ0v) is 14.5. The Bertz CT molecular complexity index is 819. The van der Waals surface area contributed by atoms with E-state index in [0.717, 1.165) is 6.07 Å². The van der Waals surface area contributed by atoms with Crippen LogP contribution in [0.1, 0.15) is 23.2 Å². The second-order valence-corrected chi connectivity index (χ2v) is 5.47. The molecular formula is C19H18F3NO4. The summed E-state index contributed by atoms with van der Waals surface area (Å²) >= 11 is 0. The van der Waals surface area contributed by atoms with E-state index in [1.54, 1.807) is 24.3 Å². The van der Waals surface area contributed by atoms with Crippen molar-refractivity contribution >= 4 is 11.5 Å². The van der Waals surface area contributed by atoms with Crippen LogP contribution in [0, 0.1) is 0 Å². The summed E-state index contributed by atoms with van der Waals surface area (Å²) in [6, 6.07) is 10.3. The molecule has 2 rings (SSSR count). The third-order valence-electron chi connectivity index (χ3n) is 3.65. The number of esters is 1. The van der Waals surface area contributed by atoms with Gasteiger partial charge in [-0.25, -0.2) is 4.98 Å². The van der Waals surface area contributed by atoms with E-state index in [2.05, 4.69) is 9.72 Å². The van der Waals surface area contributed by atoms with E-state index in [0.29, 0.717) is 16.7 Å². The molecule has 0 amide bonds. The van der Waals surface area contributed by atoms with E-state index in [9.17, 15) is 23.1 Å². The van der Waals surface area contributed by atoms with Crippen molar-refractivity contribution in [3.63, 3.8) is 0 Å². The third kappa shape index (κ3) is 5.82. The highest BCUT2D eigenvalue weighted by atomic mass is 19.4. The van der Waals surface area contributed by atoms with Crippen LogP contribution < -0.4 is 4.74 Å². The van der Waals surface area contributed by atoms with Crippen molar-refractivity contribution in [3.8, 4) is 5.88 Å². The normalized spacial score (nSPS) is 12.0. The van der Waals surface area contributed by atoms with Crippen LogP contribution in [-0.4, -0.2) is 29.8 Å². The second kappa shape index (κ2) is 9.18. The van der Waals surface area contributed by atoms with Crippen LogP contribution in [0.4, 0.5) is 13.2 Å². The molecule has 0 saturated carbocycles. The first-order valence-corrected chi connectivity index (χ1v) is 7.97. The number of aliphatic hydroxyl groups is 1. The Balaban J connectivity index is 2.23. The molecule has 0 spiro atoms. The van der Waals surface area contributed by atoms with Gasteiger partial charge in [-0.3, -0.25) is 4.79 Å². The number of rotatable bonds is 7. The molecule has 1 aromatic heterocycles. The Morgan fingerprint density at radius 3 is 2.59 bits per heavy atom. The number of ether oxygens (including phenoxy) is 2. The van der Waals surface area contributed by atoms with E-state index < -0.39 is 17.8 Å². The zero-order valence-electron chi connectivity index (χ0n) is 14.5. The van der Waals surface area contributed by atoms with Gasteiger partial charge in [-0.2, -0.15) is 13.2 Å². The first-order chi connectivity index (χ1) is 12.8. The first-order valence-electron chi connectivity index (χ1n) is 7.97. The number of aliphatic hydroxyl groups excluding tert-OH is 1. The molecule has 0 aliphatic heterocycles. The van der Waals surface area contributed by atoms with E-state index in [-0.39, 0.29) is 25.5 Å². The van der Waals surface area contributed by atoms with Crippen molar-refractivity contribution in [2.75, 3.05) is 13.7 Å². The van der Waals surface area contributed by atoms with E-state index >= 15 is 0 Å². The lowest BCUT2D eigenvalue weighted by Crippen LogP contribution is -2.09. The minimum absolute atomic E-state index is 0.0596. The van der Waals surface area contributed by atoms with Gasteiger partial charge in [-0.05, 0) is 22.8 Å². The van der Waals surface area contributed by atoms with Gasteiger partial charge in [0.15, 0.2) is 0 Å². The first kappa shape index (κ1) is 20.4. The Labute approximate surface area is 154 Å². The Morgan fingerprint density at radius 2 is 1.93 bits per heavy atom. The summed E-state index contributed by atoms with van der Waals surface area (Å²) in [5.74, 6) is -0.648. The number of benzene rings is 1. The summed E-state index contributed by atoms with van der Waals surface area (Å²) in [7, 11) is 1.26. The smallest absolute Gasteiger partial charge is 0.433 e. The maximum absolute atomic E-state index is 12.7. The quantitative estimate of drug-likeness (QED) is 0.742. The van der Waals surface area contributed by atoms with Gasteiger partial charge in [0.2, 0.25) is 5.88 Å². The van der Waals surface area contributed by atoms with Crippen LogP contribution in [0.2, 0.25) is 0 Å². The highest BCUT2D eigenvalue weighted by Gasteiger charge is 2.32. The van der Waals surface area contributed by atoms with Crippen LogP contribution >= 0.6 is 0 Å². The zero-order chi connectivity index (χ0) is 19.9. The molecule has 0 aliphatic rings. The molecule has 1 aromatic carbocycles. The minimum atomic E-state index is -4.56. The molecule has 2 aromatic rings. The van der Waals surface area contributed by atoms with Gasteiger partial charge in [0.25, 0.3) is 0 Å². The molecule has 0 saturated heterocycles. The fourth-order valence-corrected chi connectivity index (χ4v) is 2.38. The summed E-state index contributed by atoms with van der Waals surface area (Å²) in [5, 5.41) is 9.21. The topological polar surface area (TPSA) is 68.7 Å². The van der Waals surface area contributed by atoms with Crippen LogP contribution in [-0.2, 0) is 22.3 Å². The number of halogens is 3. The molecule has 0 atom stereocenters. The maximum Gasteiger partial charge on any atom is 0.433 e. The second-order valence-electron chi connectivity index (χ2n) is 5.47. The summed E-state index contributed by atoms with van der Waals surface area (Å²) in [5.41, 5.74) is 0.740. The Hall–Kier alpha value is -2.87. The lowest BCUT2D eigenvalue weighted by molar-refractivity contribution is -0.141. The number of carbonyl (C=O) groups excluding carboxylic acids is 1. The van der Waals surface area contributed by atoms with Gasteiger partial charge in [0.1, 0.15) is 12.3 Å². The van der Waals surface area contributed by atoms with Gasteiger partial charge in [-0.1, -0.05) is 36.4 Å².